The average Bonchev–Trinajstić information content (AvgIpc) is 2.76. The van der Waals surface area contributed by atoms with Crippen LogP contribution >= 0.6 is 0 Å². The monoisotopic (exact) mass is 330 g/mol. The van der Waals surface area contributed by atoms with Gasteiger partial charge in [0.1, 0.15) is 5.78 Å². The van der Waals surface area contributed by atoms with Gasteiger partial charge in [0.2, 0.25) is 0 Å². The Balaban J connectivity index is -0.000000221. The van der Waals surface area contributed by atoms with Gasteiger partial charge in [0.05, 0.1) is 0 Å². The SMILES string of the molecule is CC(C)=O.CC(C)C.CC(C)O.CC1CCC1.CC1CCCC1. The van der Waals surface area contributed by atoms with Crippen LogP contribution in [0.25, 0.3) is 0 Å². The largest absolute Gasteiger partial charge is 0.394 e. The number of aliphatic hydroxyl groups excluding tert-OH is 1. The molecule has 0 aromatic rings. The van der Waals surface area contributed by atoms with Crippen LogP contribution in [0.1, 0.15) is 107 Å². The third kappa shape index (κ3) is 52.3. The van der Waals surface area contributed by atoms with Gasteiger partial charge < -0.3 is 9.90 Å². The fourth-order valence-electron chi connectivity index (χ4n) is 1.74. The lowest BCUT2D eigenvalue weighted by Crippen LogP contribution is -2.04. The van der Waals surface area contributed by atoms with Crippen molar-refractivity contribution in [3.63, 3.8) is 0 Å². The molecule has 0 spiro atoms. The van der Waals surface area contributed by atoms with Gasteiger partial charge >= 0.3 is 0 Å². The van der Waals surface area contributed by atoms with Crippen LogP contribution in [-0.4, -0.2) is 17.0 Å². The van der Waals surface area contributed by atoms with Gasteiger partial charge in [-0.2, -0.15) is 0 Å². The van der Waals surface area contributed by atoms with Crippen molar-refractivity contribution >= 4 is 5.78 Å². The molecule has 142 valence electrons. The molecular formula is C21H46O2. The van der Waals surface area contributed by atoms with Crippen molar-refractivity contribution in [3.8, 4) is 0 Å². The van der Waals surface area contributed by atoms with Crippen molar-refractivity contribution in [1.29, 1.82) is 0 Å². The third-order valence-corrected chi connectivity index (χ3v) is 3.04. The Hall–Kier alpha value is -0.370. The smallest absolute Gasteiger partial charge is 0.126 e. The van der Waals surface area contributed by atoms with E-state index in [1.807, 2.05) is 0 Å². The molecule has 23 heavy (non-hydrogen) atoms. The summed E-state index contributed by atoms with van der Waals surface area (Å²) in [6.45, 7) is 17.6. The number of carbonyl (C=O) groups is 1. The Bertz CT molecular complexity index is 208. The summed E-state index contributed by atoms with van der Waals surface area (Å²) in [6.07, 6.45) is 10.2. The molecule has 0 aromatic heterocycles. The molecule has 0 unspecified atom stereocenters. The molecule has 0 heterocycles. The van der Waals surface area contributed by atoms with Gasteiger partial charge in [0.15, 0.2) is 0 Å². The van der Waals surface area contributed by atoms with Crippen LogP contribution in [0, 0.1) is 17.8 Å². The molecule has 2 heteroatoms. The number of hydrogen-bond acceptors (Lipinski definition) is 2. The molecule has 1 N–H and O–H groups in total. The summed E-state index contributed by atoms with van der Waals surface area (Å²) < 4.78 is 0. The quantitative estimate of drug-likeness (QED) is 0.540. The van der Waals surface area contributed by atoms with Crippen molar-refractivity contribution in [3.05, 3.63) is 0 Å². The van der Waals surface area contributed by atoms with Crippen LogP contribution in [0.2, 0.25) is 0 Å². The zero-order valence-electron chi connectivity index (χ0n) is 17.6. The second-order valence-corrected chi connectivity index (χ2v) is 8.16. The summed E-state index contributed by atoms with van der Waals surface area (Å²) in [5, 5.41) is 8.06. The predicted octanol–water partition coefficient (Wildman–Crippen LogP) is 6.65. The summed E-state index contributed by atoms with van der Waals surface area (Å²) in [5.74, 6) is 3.11. The second-order valence-electron chi connectivity index (χ2n) is 8.16. The summed E-state index contributed by atoms with van der Waals surface area (Å²) >= 11 is 0. The van der Waals surface area contributed by atoms with Crippen LogP contribution in [0.4, 0.5) is 0 Å². The highest BCUT2D eigenvalue weighted by Gasteiger charge is 2.09. The first-order valence-corrected chi connectivity index (χ1v) is 9.64. The van der Waals surface area contributed by atoms with E-state index in [2.05, 4.69) is 34.6 Å². The van der Waals surface area contributed by atoms with Gasteiger partial charge in [-0.05, 0) is 45.4 Å². The standard InChI is InChI=1S/C6H12.C5H10.C4H10.C3H8O.C3H6O/c1-6-4-2-3-5-6;1-5-3-2-4-5;1-4(2)3;2*1-3(2)4/h6H,2-5H2,1H3;5H,2-4H2,1H3;4H,1-3H3;3-4H,1-2H3;1-2H3. The molecule has 2 saturated carbocycles. The molecule has 2 aliphatic carbocycles. The van der Waals surface area contributed by atoms with Gasteiger partial charge in [0.25, 0.3) is 0 Å². The van der Waals surface area contributed by atoms with Gasteiger partial charge in [-0.1, -0.05) is 79.6 Å². The Morgan fingerprint density at radius 3 is 1.00 bits per heavy atom. The van der Waals surface area contributed by atoms with Crippen molar-refractivity contribution in [1.82, 2.24) is 0 Å². The zero-order chi connectivity index (χ0) is 18.8. The number of rotatable bonds is 0. The molecule has 0 saturated heterocycles. The summed E-state index contributed by atoms with van der Waals surface area (Å²) in [7, 11) is 0. The highest BCUT2D eigenvalue weighted by Crippen LogP contribution is 2.24. The molecule has 0 bridgehead atoms. The topological polar surface area (TPSA) is 37.3 Å². The van der Waals surface area contributed by atoms with Crippen LogP contribution < -0.4 is 0 Å². The van der Waals surface area contributed by atoms with Gasteiger partial charge in [0, 0.05) is 6.10 Å². The fourth-order valence-corrected chi connectivity index (χ4v) is 1.74. The zero-order valence-corrected chi connectivity index (χ0v) is 17.6. The number of aliphatic hydroxyl groups is 1. The molecule has 2 aliphatic rings. The molecule has 0 atom stereocenters. The highest BCUT2D eigenvalue weighted by atomic mass is 16.3. The second kappa shape index (κ2) is 19.7. The van der Waals surface area contributed by atoms with E-state index < -0.39 is 0 Å². The molecule has 0 aliphatic heterocycles. The maximum absolute atomic E-state index is 9.44. The first-order valence-electron chi connectivity index (χ1n) is 9.64. The lowest BCUT2D eigenvalue weighted by atomic mass is 9.88. The van der Waals surface area contributed by atoms with E-state index in [-0.39, 0.29) is 11.9 Å². The van der Waals surface area contributed by atoms with Crippen molar-refractivity contribution in [2.45, 2.75) is 113 Å². The Labute approximate surface area is 147 Å². The van der Waals surface area contributed by atoms with Crippen LogP contribution in [-0.2, 0) is 4.79 Å². The van der Waals surface area contributed by atoms with E-state index in [4.69, 9.17) is 5.11 Å². The fraction of sp³-hybridized carbons (Fsp3) is 0.952. The van der Waals surface area contributed by atoms with E-state index in [9.17, 15) is 4.79 Å². The summed E-state index contributed by atoms with van der Waals surface area (Å²) in [5.41, 5.74) is 0. The minimum absolute atomic E-state index is 0.167. The van der Waals surface area contributed by atoms with Gasteiger partial charge in [-0.25, -0.2) is 0 Å². The maximum atomic E-state index is 9.44. The molecule has 0 radical (unpaired) electrons. The predicted molar refractivity (Wildman–Crippen MR) is 105 cm³/mol. The molecular weight excluding hydrogens is 284 g/mol. The lowest BCUT2D eigenvalue weighted by molar-refractivity contribution is -0.114. The Morgan fingerprint density at radius 1 is 0.783 bits per heavy atom. The Morgan fingerprint density at radius 2 is 0.957 bits per heavy atom. The molecule has 2 rings (SSSR count). The average molecular weight is 331 g/mol. The van der Waals surface area contributed by atoms with E-state index in [0.717, 1.165) is 17.8 Å². The van der Waals surface area contributed by atoms with E-state index in [1.165, 1.54) is 58.8 Å². The van der Waals surface area contributed by atoms with Gasteiger partial charge in [-0.3, -0.25) is 0 Å². The van der Waals surface area contributed by atoms with Crippen LogP contribution in [0.15, 0.2) is 0 Å². The minimum atomic E-state index is -0.167. The van der Waals surface area contributed by atoms with Gasteiger partial charge in [-0.15, -0.1) is 0 Å². The normalized spacial score (nSPS) is 16.5. The lowest BCUT2D eigenvalue weighted by Gasteiger charge is -2.18. The van der Waals surface area contributed by atoms with Crippen molar-refractivity contribution < 1.29 is 9.90 Å². The van der Waals surface area contributed by atoms with Crippen LogP contribution in [0.5, 0.6) is 0 Å². The van der Waals surface area contributed by atoms with E-state index >= 15 is 0 Å². The van der Waals surface area contributed by atoms with E-state index in [0.29, 0.717) is 0 Å². The molecule has 2 fully saturated rings. The summed E-state index contributed by atoms with van der Waals surface area (Å²) in [4.78, 5) is 9.44. The van der Waals surface area contributed by atoms with Crippen molar-refractivity contribution in [2.24, 2.45) is 17.8 Å². The first-order chi connectivity index (χ1) is 10.5. The third-order valence-electron chi connectivity index (χ3n) is 3.04. The Kier molecular flexibility index (Phi) is 23.5. The minimum Gasteiger partial charge on any atom is -0.394 e. The molecule has 0 amide bonds. The van der Waals surface area contributed by atoms with Crippen molar-refractivity contribution in [2.75, 3.05) is 0 Å². The molecule has 0 aromatic carbocycles. The first kappa shape index (κ1) is 27.5. The molecule has 2 nitrogen and oxygen atoms in total. The number of hydrogen-bond donors (Lipinski definition) is 1. The number of Topliss-reactive ketones (excluding diaryl/α,β-unsaturated/α-hetero) is 1. The summed E-state index contributed by atoms with van der Waals surface area (Å²) in [6, 6.07) is 0. The maximum Gasteiger partial charge on any atom is 0.126 e. The van der Waals surface area contributed by atoms with Crippen LogP contribution in [0.3, 0.4) is 0 Å². The number of carbonyl (C=O) groups excluding carboxylic acids is 1. The number of ketones is 1. The highest BCUT2D eigenvalue weighted by molar-refractivity contribution is 5.72. The van der Waals surface area contributed by atoms with E-state index in [1.54, 1.807) is 13.8 Å².